The van der Waals surface area contributed by atoms with Gasteiger partial charge in [-0.15, -0.1) is 0 Å². The number of nitrogens with zero attached hydrogens (tertiary/aromatic N) is 3. The van der Waals surface area contributed by atoms with Crippen LogP contribution in [-0.4, -0.2) is 33.0 Å². The van der Waals surface area contributed by atoms with Gasteiger partial charge in [-0.25, -0.2) is 9.40 Å². The molecule has 2 aliphatic heterocycles. The minimum atomic E-state index is -0.698. The van der Waals surface area contributed by atoms with Gasteiger partial charge in [0.1, 0.15) is 11.1 Å². The highest BCUT2D eigenvalue weighted by atomic mass is 35.5. The Morgan fingerprint density at radius 1 is 1.14 bits per heavy atom. The van der Waals surface area contributed by atoms with Crippen LogP contribution in [0.2, 0.25) is 5.02 Å². The highest BCUT2D eigenvalue weighted by molar-refractivity contribution is 8.15. The quantitative estimate of drug-likeness (QED) is 0.418. The number of nitrogens with one attached hydrogen (secondary N) is 1. The normalized spacial score (nSPS) is 19.1. The molecule has 0 fully saturated rings. The van der Waals surface area contributed by atoms with Crippen molar-refractivity contribution in [2.45, 2.75) is 38.0 Å². The number of aliphatic imine (C=N–C) groups is 1. The minimum absolute atomic E-state index is 0.0921. The van der Waals surface area contributed by atoms with Crippen LogP contribution in [0.15, 0.2) is 76.8 Å². The molecule has 0 bridgehead atoms. The van der Waals surface area contributed by atoms with Crippen molar-refractivity contribution in [3.05, 3.63) is 99.8 Å². The average Bonchev–Trinajstić information content (AvgIpc) is 3.46. The molecule has 1 N–H and O–H groups in total. The van der Waals surface area contributed by atoms with E-state index < -0.39 is 22.9 Å². The monoisotopic (exact) mass is 534 g/mol. The fourth-order valence-corrected chi connectivity index (χ4v) is 5.57. The van der Waals surface area contributed by atoms with Crippen LogP contribution in [0.3, 0.4) is 0 Å². The molecular weight excluding hydrogens is 511 g/mol. The number of hydrogen-bond donors (Lipinski definition) is 1. The molecule has 2 atom stereocenters. The number of amidine groups is 1. The fourth-order valence-electron chi connectivity index (χ4n) is 4.25. The molecule has 3 aromatic rings. The number of hydrazone groups is 1. The van der Waals surface area contributed by atoms with Crippen LogP contribution in [0.4, 0.5) is 10.1 Å². The number of benzene rings is 3. The molecule has 0 radical (unpaired) electrons. The first-order chi connectivity index (χ1) is 17.8. The second-order valence-corrected chi connectivity index (χ2v) is 10.6. The van der Waals surface area contributed by atoms with Gasteiger partial charge in [-0.2, -0.15) is 10.1 Å². The number of aryl methyl sites for hydroxylation is 2. The maximum atomic E-state index is 13.8. The van der Waals surface area contributed by atoms with Crippen molar-refractivity contribution in [1.29, 1.82) is 0 Å². The number of carbonyl (C=O) groups is 2. The largest absolute Gasteiger partial charge is 0.326 e. The zero-order chi connectivity index (χ0) is 26.1. The minimum Gasteiger partial charge on any atom is -0.326 e. The summed E-state index contributed by atoms with van der Waals surface area (Å²) in [4.78, 5) is 29.7. The van der Waals surface area contributed by atoms with Gasteiger partial charge in [0.25, 0.3) is 5.91 Å². The smallest absolute Gasteiger partial charge is 0.262 e. The first-order valence-corrected chi connectivity index (χ1v) is 13.1. The van der Waals surface area contributed by atoms with E-state index in [2.05, 4.69) is 10.3 Å². The van der Waals surface area contributed by atoms with E-state index in [-0.39, 0.29) is 12.5 Å². The SMILES string of the molecule is Cc1ccc(C2=NN(C3=NC(=O)[C@@H](CC(=O)Nc4ccc(C)c(F)c4)S3)[C@@H](c3ccccc3Cl)C2)cc1. The van der Waals surface area contributed by atoms with Gasteiger partial charge in [0.05, 0.1) is 11.8 Å². The summed E-state index contributed by atoms with van der Waals surface area (Å²) < 4.78 is 13.8. The van der Waals surface area contributed by atoms with Gasteiger partial charge in [-0.1, -0.05) is 77.5 Å². The number of hydrogen-bond acceptors (Lipinski definition) is 5. The number of halogens is 2. The van der Waals surface area contributed by atoms with Crippen molar-refractivity contribution in [1.82, 2.24) is 5.01 Å². The molecule has 0 saturated carbocycles. The summed E-state index contributed by atoms with van der Waals surface area (Å²) >= 11 is 7.75. The predicted octanol–water partition coefficient (Wildman–Crippen LogP) is 6.27. The van der Waals surface area contributed by atoms with Crippen molar-refractivity contribution in [2.24, 2.45) is 10.1 Å². The van der Waals surface area contributed by atoms with Crippen LogP contribution < -0.4 is 5.32 Å². The summed E-state index contributed by atoms with van der Waals surface area (Å²) in [5, 5.41) is 9.59. The van der Waals surface area contributed by atoms with E-state index >= 15 is 0 Å². The molecule has 2 heterocycles. The van der Waals surface area contributed by atoms with E-state index in [1.807, 2.05) is 55.5 Å². The molecule has 2 aliphatic rings. The van der Waals surface area contributed by atoms with E-state index in [0.717, 1.165) is 22.4 Å². The molecular formula is C28H24ClFN4O2S. The van der Waals surface area contributed by atoms with Crippen molar-refractivity contribution < 1.29 is 14.0 Å². The molecule has 0 aromatic heterocycles. The Morgan fingerprint density at radius 2 is 1.89 bits per heavy atom. The number of amides is 2. The third kappa shape index (κ3) is 5.45. The van der Waals surface area contributed by atoms with Crippen molar-refractivity contribution in [3.63, 3.8) is 0 Å². The fraction of sp³-hybridized carbons (Fsp3) is 0.214. The molecule has 9 heteroatoms. The second-order valence-electron chi connectivity index (χ2n) is 9.05. The molecule has 0 aliphatic carbocycles. The van der Waals surface area contributed by atoms with Crippen molar-refractivity contribution in [3.8, 4) is 0 Å². The standard InChI is InChI=1S/C28H24ClFN4O2S/c1-16-7-10-18(11-8-16)23-14-24(20-5-3-4-6-21(20)29)34(33-23)28-32-27(36)25(37-28)15-26(35)31-19-12-9-17(2)22(30)13-19/h3-13,24-25H,14-15H2,1-2H3,(H,31,35)/t24-,25-/m1/s1. The summed E-state index contributed by atoms with van der Waals surface area (Å²) in [6, 6.07) is 19.9. The molecule has 0 saturated heterocycles. The van der Waals surface area contributed by atoms with Gasteiger partial charge in [0, 0.05) is 23.6 Å². The van der Waals surface area contributed by atoms with Gasteiger partial charge >= 0.3 is 0 Å². The third-order valence-corrected chi connectivity index (χ3v) is 7.80. The highest BCUT2D eigenvalue weighted by Crippen LogP contribution is 2.40. The Labute approximate surface area is 223 Å². The predicted molar refractivity (Wildman–Crippen MR) is 147 cm³/mol. The van der Waals surface area contributed by atoms with E-state index in [4.69, 9.17) is 16.7 Å². The van der Waals surface area contributed by atoms with Crippen LogP contribution in [0.1, 0.15) is 41.1 Å². The van der Waals surface area contributed by atoms with Gasteiger partial charge in [0.15, 0.2) is 5.17 Å². The molecule has 0 unspecified atom stereocenters. The number of anilines is 1. The Morgan fingerprint density at radius 3 is 2.62 bits per heavy atom. The first-order valence-electron chi connectivity index (χ1n) is 11.8. The maximum absolute atomic E-state index is 13.8. The molecule has 3 aromatic carbocycles. The van der Waals surface area contributed by atoms with Gasteiger partial charge in [-0.05, 0) is 48.7 Å². The molecule has 37 heavy (non-hydrogen) atoms. The van der Waals surface area contributed by atoms with Crippen LogP contribution in [-0.2, 0) is 9.59 Å². The van der Waals surface area contributed by atoms with Crippen LogP contribution in [0, 0.1) is 19.7 Å². The van der Waals surface area contributed by atoms with Crippen LogP contribution in [0.5, 0.6) is 0 Å². The lowest BCUT2D eigenvalue weighted by molar-refractivity contribution is -0.121. The zero-order valence-corrected chi connectivity index (χ0v) is 21.8. The summed E-state index contributed by atoms with van der Waals surface area (Å²) in [5.74, 6) is -1.20. The highest BCUT2D eigenvalue weighted by Gasteiger charge is 2.39. The zero-order valence-electron chi connectivity index (χ0n) is 20.2. The van der Waals surface area contributed by atoms with Crippen molar-refractivity contribution >= 4 is 51.7 Å². The van der Waals surface area contributed by atoms with E-state index in [0.29, 0.717) is 27.9 Å². The summed E-state index contributed by atoms with van der Waals surface area (Å²) in [6.07, 6.45) is 0.496. The summed E-state index contributed by atoms with van der Waals surface area (Å²) in [6.45, 7) is 3.68. The molecule has 5 rings (SSSR count). The number of carbonyl (C=O) groups excluding carboxylic acids is 2. The second kappa shape index (κ2) is 10.5. The Balaban J connectivity index is 1.35. The molecule has 0 spiro atoms. The maximum Gasteiger partial charge on any atom is 0.262 e. The molecule has 188 valence electrons. The van der Waals surface area contributed by atoms with E-state index in [1.54, 1.807) is 24.1 Å². The lowest BCUT2D eigenvalue weighted by Crippen LogP contribution is -2.25. The lowest BCUT2D eigenvalue weighted by Gasteiger charge is -2.23. The lowest BCUT2D eigenvalue weighted by atomic mass is 9.98. The van der Waals surface area contributed by atoms with Gasteiger partial charge in [0.2, 0.25) is 5.91 Å². The van der Waals surface area contributed by atoms with Crippen LogP contribution in [0.25, 0.3) is 0 Å². The Bertz CT molecular complexity index is 1440. The first kappa shape index (κ1) is 25.2. The Kier molecular flexibility index (Phi) is 7.13. The molecule has 6 nitrogen and oxygen atoms in total. The number of rotatable bonds is 5. The number of thioether (sulfide) groups is 1. The average molecular weight is 535 g/mol. The van der Waals surface area contributed by atoms with E-state index in [1.165, 1.54) is 17.8 Å². The van der Waals surface area contributed by atoms with E-state index in [9.17, 15) is 14.0 Å². The van der Waals surface area contributed by atoms with Crippen LogP contribution >= 0.6 is 23.4 Å². The topological polar surface area (TPSA) is 74.1 Å². The Hall–Kier alpha value is -3.49. The third-order valence-electron chi connectivity index (χ3n) is 6.31. The summed E-state index contributed by atoms with van der Waals surface area (Å²) in [7, 11) is 0. The van der Waals surface area contributed by atoms with Crippen molar-refractivity contribution in [2.75, 3.05) is 5.32 Å². The molecule has 2 amide bonds. The van der Waals surface area contributed by atoms with Gasteiger partial charge in [-0.3, -0.25) is 9.59 Å². The summed E-state index contributed by atoms with van der Waals surface area (Å²) in [5.41, 5.74) is 4.72. The van der Waals surface area contributed by atoms with Gasteiger partial charge < -0.3 is 5.32 Å².